The number of amides is 2. The van der Waals surface area contributed by atoms with Crippen LogP contribution in [-0.4, -0.2) is 37.4 Å². The molecule has 0 heterocycles. The fourth-order valence-corrected chi connectivity index (χ4v) is 2.87. The Labute approximate surface area is 156 Å². The molecule has 0 aliphatic carbocycles. The van der Waals surface area contributed by atoms with Crippen LogP contribution in [0.4, 0.5) is 5.69 Å². The molecule has 0 radical (unpaired) electrons. The molecular weight excluding hydrogens is 361 g/mol. The van der Waals surface area contributed by atoms with E-state index in [1.807, 2.05) is 24.1 Å². The van der Waals surface area contributed by atoms with Crippen LogP contribution in [0.3, 0.4) is 0 Å². The van der Waals surface area contributed by atoms with Crippen molar-refractivity contribution in [1.29, 1.82) is 0 Å². The summed E-state index contributed by atoms with van der Waals surface area (Å²) >= 11 is 11.8. The lowest BCUT2D eigenvalue weighted by Gasteiger charge is -2.16. The minimum absolute atomic E-state index is 0.125. The highest BCUT2D eigenvalue weighted by Crippen LogP contribution is 2.22. The smallest absolute Gasteiger partial charge is 0.251 e. The molecule has 0 aromatic heterocycles. The lowest BCUT2D eigenvalue weighted by molar-refractivity contribution is -0.117. The molecule has 0 aliphatic rings. The number of benzene rings is 2. The molecule has 132 valence electrons. The van der Waals surface area contributed by atoms with Crippen molar-refractivity contribution >= 4 is 40.7 Å². The normalized spacial score (nSPS) is 10.6. The second kappa shape index (κ2) is 8.85. The Morgan fingerprint density at radius 2 is 1.64 bits per heavy atom. The average Bonchev–Trinajstić information content (AvgIpc) is 2.53. The Kier molecular flexibility index (Phi) is 6.82. The van der Waals surface area contributed by atoms with Gasteiger partial charge in [-0.3, -0.25) is 14.5 Å². The third-order valence-corrected chi connectivity index (χ3v) is 3.89. The van der Waals surface area contributed by atoms with Gasteiger partial charge in [-0.1, -0.05) is 35.3 Å². The summed E-state index contributed by atoms with van der Waals surface area (Å²) in [6.45, 7) is 0.791. The molecule has 0 fully saturated rings. The Hall–Kier alpha value is -2.08. The van der Waals surface area contributed by atoms with Crippen molar-refractivity contribution in [3.05, 3.63) is 63.6 Å². The molecule has 2 aromatic rings. The summed E-state index contributed by atoms with van der Waals surface area (Å²) in [5.41, 5.74) is 2.17. The van der Waals surface area contributed by atoms with Crippen LogP contribution in [0.15, 0.2) is 42.5 Å². The van der Waals surface area contributed by atoms with Crippen molar-refractivity contribution in [2.24, 2.45) is 0 Å². The molecule has 0 spiro atoms. The first-order valence-electron chi connectivity index (χ1n) is 7.63. The van der Waals surface area contributed by atoms with E-state index in [2.05, 4.69) is 10.6 Å². The van der Waals surface area contributed by atoms with Crippen molar-refractivity contribution in [3.8, 4) is 0 Å². The summed E-state index contributed by atoms with van der Waals surface area (Å²) < 4.78 is 0. The summed E-state index contributed by atoms with van der Waals surface area (Å²) in [7, 11) is 3.44. The van der Waals surface area contributed by atoms with Crippen molar-refractivity contribution < 1.29 is 9.59 Å². The summed E-state index contributed by atoms with van der Waals surface area (Å²) in [5, 5.41) is 6.28. The van der Waals surface area contributed by atoms with Gasteiger partial charge < -0.3 is 10.6 Å². The molecule has 0 saturated heterocycles. The number of hydrogen-bond acceptors (Lipinski definition) is 3. The van der Waals surface area contributed by atoms with Gasteiger partial charge in [0.05, 0.1) is 6.54 Å². The Morgan fingerprint density at radius 3 is 2.20 bits per heavy atom. The van der Waals surface area contributed by atoms with Gasteiger partial charge >= 0.3 is 0 Å². The molecule has 2 amide bonds. The van der Waals surface area contributed by atoms with Gasteiger partial charge in [-0.25, -0.2) is 0 Å². The topological polar surface area (TPSA) is 61.4 Å². The second-order valence-corrected chi connectivity index (χ2v) is 6.53. The SMILES string of the molecule is CNC(=O)c1ccc(CN(C)CC(=O)Nc2cc(Cl)cc(Cl)c2)cc1. The van der Waals surface area contributed by atoms with E-state index in [-0.39, 0.29) is 18.4 Å². The van der Waals surface area contributed by atoms with Crippen LogP contribution < -0.4 is 10.6 Å². The Bertz CT molecular complexity index is 743. The molecule has 0 unspecified atom stereocenters. The maximum absolute atomic E-state index is 12.1. The Morgan fingerprint density at radius 1 is 1.04 bits per heavy atom. The van der Waals surface area contributed by atoms with Crippen LogP contribution in [0.25, 0.3) is 0 Å². The van der Waals surface area contributed by atoms with E-state index in [1.54, 1.807) is 37.4 Å². The monoisotopic (exact) mass is 379 g/mol. The van der Waals surface area contributed by atoms with Crippen LogP contribution in [0, 0.1) is 0 Å². The number of nitrogens with one attached hydrogen (secondary N) is 2. The standard InChI is InChI=1S/C18H19Cl2N3O2/c1-21-18(25)13-5-3-12(4-6-13)10-23(2)11-17(24)22-16-8-14(19)7-15(20)9-16/h3-9H,10-11H2,1-2H3,(H,21,25)(H,22,24). The molecule has 0 saturated carbocycles. The van der Waals surface area contributed by atoms with Gasteiger partial charge in [0, 0.05) is 34.9 Å². The van der Waals surface area contributed by atoms with Crippen molar-refractivity contribution in [1.82, 2.24) is 10.2 Å². The van der Waals surface area contributed by atoms with Crippen molar-refractivity contribution in [2.75, 3.05) is 26.0 Å². The van der Waals surface area contributed by atoms with Gasteiger partial charge in [-0.15, -0.1) is 0 Å². The highest BCUT2D eigenvalue weighted by molar-refractivity contribution is 6.35. The van der Waals surface area contributed by atoms with Crippen molar-refractivity contribution in [2.45, 2.75) is 6.54 Å². The zero-order valence-electron chi connectivity index (χ0n) is 14.0. The summed E-state index contributed by atoms with van der Waals surface area (Å²) in [4.78, 5) is 25.5. The average molecular weight is 380 g/mol. The van der Waals surface area contributed by atoms with Gasteiger partial charge in [0.25, 0.3) is 5.91 Å². The Balaban J connectivity index is 1.89. The molecule has 5 nitrogen and oxygen atoms in total. The largest absolute Gasteiger partial charge is 0.355 e. The fourth-order valence-electron chi connectivity index (χ4n) is 2.35. The first-order chi connectivity index (χ1) is 11.9. The minimum Gasteiger partial charge on any atom is -0.355 e. The molecule has 2 N–H and O–H groups in total. The third kappa shape index (κ3) is 6.05. The number of carbonyl (C=O) groups is 2. The highest BCUT2D eigenvalue weighted by atomic mass is 35.5. The second-order valence-electron chi connectivity index (χ2n) is 5.65. The number of likely N-dealkylation sites (N-methyl/N-ethyl adjacent to an activating group) is 1. The quantitative estimate of drug-likeness (QED) is 0.807. The lowest BCUT2D eigenvalue weighted by atomic mass is 10.1. The molecule has 2 rings (SSSR count). The summed E-state index contributed by atoms with van der Waals surface area (Å²) in [5.74, 6) is -0.290. The van der Waals surface area contributed by atoms with Gasteiger partial charge in [0.2, 0.25) is 5.91 Å². The van der Waals surface area contributed by atoms with Gasteiger partial charge in [-0.2, -0.15) is 0 Å². The molecule has 0 atom stereocenters. The molecule has 2 aromatic carbocycles. The molecule has 25 heavy (non-hydrogen) atoms. The number of rotatable bonds is 6. The first-order valence-corrected chi connectivity index (χ1v) is 8.38. The zero-order valence-corrected chi connectivity index (χ0v) is 15.5. The molecule has 0 aliphatic heterocycles. The molecule has 7 heteroatoms. The van der Waals surface area contributed by atoms with E-state index >= 15 is 0 Å². The number of hydrogen-bond donors (Lipinski definition) is 2. The van der Waals surface area contributed by atoms with E-state index in [4.69, 9.17) is 23.2 Å². The fraction of sp³-hybridized carbons (Fsp3) is 0.222. The van der Waals surface area contributed by atoms with Gasteiger partial charge in [0.1, 0.15) is 0 Å². The van der Waals surface area contributed by atoms with E-state index in [0.717, 1.165) is 5.56 Å². The van der Waals surface area contributed by atoms with Gasteiger partial charge in [0.15, 0.2) is 0 Å². The number of anilines is 1. The minimum atomic E-state index is -0.164. The summed E-state index contributed by atoms with van der Waals surface area (Å²) in [6.07, 6.45) is 0. The van der Waals surface area contributed by atoms with Crippen LogP contribution in [0.5, 0.6) is 0 Å². The number of nitrogens with zero attached hydrogens (tertiary/aromatic N) is 1. The third-order valence-electron chi connectivity index (χ3n) is 3.46. The van der Waals surface area contributed by atoms with Gasteiger partial charge in [-0.05, 0) is 42.9 Å². The van der Waals surface area contributed by atoms with Crippen molar-refractivity contribution in [3.63, 3.8) is 0 Å². The molecule has 0 bridgehead atoms. The van der Waals surface area contributed by atoms with Crippen LogP contribution in [0.2, 0.25) is 10.0 Å². The van der Waals surface area contributed by atoms with Crippen LogP contribution >= 0.6 is 23.2 Å². The van der Waals surface area contributed by atoms with E-state index in [9.17, 15) is 9.59 Å². The zero-order chi connectivity index (χ0) is 18.4. The highest BCUT2D eigenvalue weighted by Gasteiger charge is 2.09. The maximum Gasteiger partial charge on any atom is 0.251 e. The maximum atomic E-state index is 12.1. The predicted octanol–water partition coefficient (Wildman–Crippen LogP) is 3.42. The predicted molar refractivity (Wildman–Crippen MR) is 101 cm³/mol. The van der Waals surface area contributed by atoms with Crippen LogP contribution in [-0.2, 0) is 11.3 Å². The molecular formula is C18H19Cl2N3O2. The number of halogens is 2. The van der Waals surface area contributed by atoms with Crippen LogP contribution in [0.1, 0.15) is 15.9 Å². The van der Waals surface area contributed by atoms with E-state index < -0.39 is 0 Å². The lowest BCUT2D eigenvalue weighted by Crippen LogP contribution is -2.29. The van der Waals surface area contributed by atoms with E-state index in [1.165, 1.54) is 0 Å². The number of carbonyl (C=O) groups excluding carboxylic acids is 2. The first kappa shape index (κ1) is 19.2. The van der Waals surface area contributed by atoms with E-state index in [0.29, 0.717) is 27.8 Å². The summed E-state index contributed by atoms with van der Waals surface area (Å²) in [6, 6.07) is 12.1.